The van der Waals surface area contributed by atoms with E-state index >= 15 is 0 Å². The molecule has 1 aromatic carbocycles. The van der Waals surface area contributed by atoms with Crippen molar-refractivity contribution in [3.8, 4) is 11.9 Å². The lowest BCUT2D eigenvalue weighted by Gasteiger charge is -2.30. The van der Waals surface area contributed by atoms with Gasteiger partial charge in [0.2, 0.25) is 11.8 Å². The average Bonchev–Trinajstić information content (AvgIpc) is 3.16. The molecule has 3 N–H and O–H groups in total. The normalized spacial score (nSPS) is 18.0. The van der Waals surface area contributed by atoms with Crippen LogP contribution in [0.2, 0.25) is 0 Å². The smallest absolute Gasteiger partial charge is 0.302 e. The minimum Gasteiger partial charge on any atom is -0.480 e. The number of anilines is 2. The Morgan fingerprint density at radius 1 is 1.36 bits per heavy atom. The number of carbonyl (C=O) groups excluding carboxylic acids is 1. The molecular weight excluding hydrogens is 422 g/mol. The van der Waals surface area contributed by atoms with Crippen LogP contribution in [0, 0.1) is 11.3 Å². The molecule has 10 heteroatoms. The molecule has 0 unspecified atom stereocenters. The van der Waals surface area contributed by atoms with Crippen molar-refractivity contribution in [2.24, 2.45) is 0 Å². The number of benzene rings is 1. The van der Waals surface area contributed by atoms with E-state index in [2.05, 4.69) is 19.9 Å². The molecule has 4 rings (SSSR count). The van der Waals surface area contributed by atoms with Gasteiger partial charge in [-0.2, -0.15) is 10.2 Å². The highest BCUT2D eigenvalue weighted by molar-refractivity contribution is 5.79. The molecule has 1 fully saturated rings. The number of nitrogens with one attached hydrogen (secondary N) is 1. The van der Waals surface area contributed by atoms with E-state index in [1.165, 1.54) is 20.2 Å². The van der Waals surface area contributed by atoms with Crippen molar-refractivity contribution in [1.29, 1.82) is 5.26 Å². The number of hydrogen-bond donors (Lipinski definition) is 2. The van der Waals surface area contributed by atoms with E-state index in [1.807, 2.05) is 24.3 Å². The summed E-state index contributed by atoms with van der Waals surface area (Å²) < 4.78 is 12.5. The summed E-state index contributed by atoms with van der Waals surface area (Å²) in [7, 11) is 1.48. The van der Waals surface area contributed by atoms with E-state index in [0.29, 0.717) is 23.7 Å². The van der Waals surface area contributed by atoms with Gasteiger partial charge in [-0.3, -0.25) is 4.79 Å². The summed E-state index contributed by atoms with van der Waals surface area (Å²) in [6.07, 6.45) is 5.31. The van der Waals surface area contributed by atoms with E-state index in [0.717, 1.165) is 42.5 Å². The molecule has 2 atom stereocenters. The van der Waals surface area contributed by atoms with Crippen molar-refractivity contribution >= 4 is 28.6 Å². The highest BCUT2D eigenvalue weighted by Gasteiger charge is 2.28. The fraction of sp³-hybridized carbons (Fsp3) is 0.435. The van der Waals surface area contributed by atoms with Crippen molar-refractivity contribution in [3.63, 3.8) is 0 Å². The van der Waals surface area contributed by atoms with Crippen LogP contribution in [-0.2, 0) is 16.1 Å². The van der Waals surface area contributed by atoms with Crippen molar-refractivity contribution in [1.82, 2.24) is 19.5 Å². The second kappa shape index (κ2) is 9.73. The largest absolute Gasteiger partial charge is 0.480 e. The molecule has 33 heavy (non-hydrogen) atoms. The van der Waals surface area contributed by atoms with Crippen LogP contribution in [0.5, 0.6) is 5.88 Å². The number of methoxy groups -OCH3 is 1. The standard InChI is InChI=1S/C23H27N7O3/c1-14(31)33-9-8-30-20-7-6-17(25)11-19(20)28-21(30)15-4-3-5-18(10-15)27-23-26-13-16(12-24)22(29-23)32-2/h6-7,11,13,15,18H,3-5,8-10,25H2,1-2H3,(H,26,27,29)/t15-,18+/m0/s1. The molecule has 3 aromatic rings. The molecule has 1 aliphatic carbocycles. The topological polar surface area (TPSA) is 141 Å². The van der Waals surface area contributed by atoms with E-state index in [1.54, 1.807) is 0 Å². The molecular formula is C23H27N7O3. The van der Waals surface area contributed by atoms with Crippen molar-refractivity contribution in [2.75, 3.05) is 24.8 Å². The number of nitrogen functional groups attached to an aromatic ring is 1. The number of ether oxygens (including phenoxy) is 2. The second-order valence-corrected chi connectivity index (χ2v) is 8.14. The minimum absolute atomic E-state index is 0.146. The molecule has 0 amide bonds. The predicted molar refractivity (Wildman–Crippen MR) is 123 cm³/mol. The number of aromatic nitrogens is 4. The van der Waals surface area contributed by atoms with Gasteiger partial charge in [0, 0.05) is 24.6 Å². The van der Waals surface area contributed by atoms with Gasteiger partial charge in [-0.1, -0.05) is 6.42 Å². The van der Waals surface area contributed by atoms with E-state index < -0.39 is 0 Å². The van der Waals surface area contributed by atoms with Gasteiger partial charge in [-0.15, -0.1) is 0 Å². The first-order chi connectivity index (χ1) is 16.0. The zero-order chi connectivity index (χ0) is 23.4. The molecule has 2 heterocycles. The third-order valence-electron chi connectivity index (χ3n) is 5.86. The van der Waals surface area contributed by atoms with Crippen molar-refractivity contribution < 1.29 is 14.3 Å². The zero-order valence-corrected chi connectivity index (χ0v) is 18.7. The third kappa shape index (κ3) is 4.98. The number of nitrogens with zero attached hydrogens (tertiary/aromatic N) is 5. The number of esters is 1. The van der Waals surface area contributed by atoms with Gasteiger partial charge in [0.25, 0.3) is 0 Å². The van der Waals surface area contributed by atoms with Gasteiger partial charge in [0.15, 0.2) is 0 Å². The molecule has 1 saturated carbocycles. The maximum atomic E-state index is 11.3. The molecule has 0 radical (unpaired) electrons. The summed E-state index contributed by atoms with van der Waals surface area (Å²) in [6.45, 7) is 2.22. The second-order valence-electron chi connectivity index (χ2n) is 8.14. The molecule has 2 aromatic heterocycles. The lowest BCUT2D eigenvalue weighted by Crippen LogP contribution is -2.29. The number of carbonyl (C=O) groups is 1. The molecule has 172 valence electrons. The number of hydrogen-bond acceptors (Lipinski definition) is 9. The number of rotatable bonds is 7. The fourth-order valence-electron chi connectivity index (χ4n) is 4.40. The Morgan fingerprint density at radius 3 is 2.97 bits per heavy atom. The number of fused-ring (bicyclic) bond motifs is 1. The Balaban J connectivity index is 1.56. The number of nitriles is 1. The van der Waals surface area contributed by atoms with Crippen molar-refractivity contribution in [2.45, 2.75) is 51.1 Å². The molecule has 1 aliphatic rings. The Bertz CT molecular complexity index is 1200. The zero-order valence-electron chi connectivity index (χ0n) is 18.7. The highest BCUT2D eigenvalue weighted by atomic mass is 16.5. The predicted octanol–water partition coefficient (Wildman–Crippen LogP) is 2.99. The van der Waals surface area contributed by atoms with Crippen LogP contribution in [0.1, 0.15) is 49.9 Å². The SMILES string of the molecule is COc1nc(N[C@@H]2CCC[C@H](c3nc4cc(N)ccc4n3CCOC(C)=O)C2)ncc1C#N. The van der Waals surface area contributed by atoms with Gasteiger partial charge in [-0.05, 0) is 37.5 Å². The summed E-state index contributed by atoms with van der Waals surface area (Å²) in [4.78, 5) is 24.8. The maximum absolute atomic E-state index is 11.3. The third-order valence-corrected chi connectivity index (χ3v) is 5.86. The Kier molecular flexibility index (Phi) is 6.58. The molecule has 0 aliphatic heterocycles. The quantitative estimate of drug-likeness (QED) is 0.411. The van der Waals surface area contributed by atoms with Crippen LogP contribution in [0.3, 0.4) is 0 Å². The number of imidazole rings is 1. The fourth-order valence-corrected chi connectivity index (χ4v) is 4.40. The van der Waals surface area contributed by atoms with Gasteiger partial charge in [0.05, 0.1) is 30.9 Å². The summed E-state index contributed by atoms with van der Waals surface area (Å²) in [5.74, 6) is 1.57. The van der Waals surface area contributed by atoms with Crippen LogP contribution < -0.4 is 15.8 Å². The first-order valence-electron chi connectivity index (χ1n) is 10.9. The first kappa shape index (κ1) is 22.3. The van der Waals surface area contributed by atoms with Gasteiger partial charge in [0.1, 0.15) is 24.1 Å². The van der Waals surface area contributed by atoms with E-state index in [-0.39, 0.29) is 30.4 Å². The highest BCUT2D eigenvalue weighted by Crippen LogP contribution is 2.35. The van der Waals surface area contributed by atoms with Crippen LogP contribution in [0.15, 0.2) is 24.4 Å². The van der Waals surface area contributed by atoms with Gasteiger partial charge >= 0.3 is 5.97 Å². The summed E-state index contributed by atoms with van der Waals surface area (Å²) in [5, 5.41) is 12.5. The number of nitrogens with two attached hydrogens (primary N) is 1. The van der Waals surface area contributed by atoms with Crippen LogP contribution in [-0.4, -0.2) is 45.2 Å². The monoisotopic (exact) mass is 449 g/mol. The van der Waals surface area contributed by atoms with Crippen LogP contribution in [0.25, 0.3) is 11.0 Å². The average molecular weight is 450 g/mol. The lowest BCUT2D eigenvalue weighted by molar-refractivity contribution is -0.141. The van der Waals surface area contributed by atoms with E-state index in [4.69, 9.17) is 25.5 Å². The van der Waals surface area contributed by atoms with Crippen molar-refractivity contribution in [3.05, 3.63) is 35.8 Å². The van der Waals surface area contributed by atoms with Gasteiger partial charge < -0.3 is 25.1 Å². The Labute approximate surface area is 191 Å². The first-order valence-corrected chi connectivity index (χ1v) is 10.9. The Hall–Kier alpha value is -3.87. The molecule has 0 spiro atoms. The Morgan fingerprint density at radius 2 is 2.21 bits per heavy atom. The molecule has 0 bridgehead atoms. The summed E-state index contributed by atoms with van der Waals surface area (Å²) in [5.41, 5.74) is 8.75. The minimum atomic E-state index is -0.301. The summed E-state index contributed by atoms with van der Waals surface area (Å²) in [6, 6.07) is 7.86. The summed E-state index contributed by atoms with van der Waals surface area (Å²) >= 11 is 0. The molecule has 0 saturated heterocycles. The van der Waals surface area contributed by atoms with Crippen LogP contribution >= 0.6 is 0 Å². The molecule has 10 nitrogen and oxygen atoms in total. The van der Waals surface area contributed by atoms with Gasteiger partial charge in [-0.25, -0.2) is 9.97 Å². The lowest BCUT2D eigenvalue weighted by atomic mass is 9.85. The van der Waals surface area contributed by atoms with E-state index in [9.17, 15) is 4.79 Å². The maximum Gasteiger partial charge on any atom is 0.302 e. The van der Waals surface area contributed by atoms with Crippen LogP contribution in [0.4, 0.5) is 11.6 Å².